The molecular formula is C17H23NO3S2. The van der Waals surface area contributed by atoms with Crippen LogP contribution in [0.15, 0.2) is 30.3 Å². The topological polar surface area (TPSA) is 57.6 Å². The summed E-state index contributed by atoms with van der Waals surface area (Å²) in [5.74, 6) is 0.301. The van der Waals surface area contributed by atoms with E-state index in [-0.39, 0.29) is 11.8 Å². The van der Waals surface area contributed by atoms with Gasteiger partial charge in [0.25, 0.3) is 0 Å². The Morgan fingerprint density at radius 1 is 1.39 bits per heavy atom. The van der Waals surface area contributed by atoms with E-state index in [0.717, 1.165) is 0 Å². The van der Waals surface area contributed by atoms with Crippen molar-refractivity contribution in [2.75, 3.05) is 11.6 Å². The second kappa shape index (κ2) is 7.62. The molecule has 2 atom stereocenters. The largest absolute Gasteiger partial charge is 0.480 e. The van der Waals surface area contributed by atoms with E-state index in [1.807, 2.05) is 44.2 Å². The number of aliphatic carboxylic acids is 1. The van der Waals surface area contributed by atoms with Crippen LogP contribution in [-0.2, 0) is 9.59 Å². The van der Waals surface area contributed by atoms with Crippen molar-refractivity contribution in [3.8, 4) is 0 Å². The number of hydrogen-bond acceptors (Lipinski definition) is 4. The second-order valence-electron chi connectivity index (χ2n) is 6.31. The monoisotopic (exact) mass is 353 g/mol. The Labute approximate surface area is 147 Å². The van der Waals surface area contributed by atoms with E-state index in [4.69, 9.17) is 0 Å². The van der Waals surface area contributed by atoms with Gasteiger partial charge in [-0.2, -0.15) is 12.6 Å². The van der Waals surface area contributed by atoms with Crippen molar-refractivity contribution in [2.45, 2.75) is 43.4 Å². The van der Waals surface area contributed by atoms with Crippen LogP contribution in [0, 0.1) is 0 Å². The summed E-state index contributed by atoms with van der Waals surface area (Å²) in [6.07, 6.45) is 1.03. The zero-order valence-electron chi connectivity index (χ0n) is 13.4. The number of carboxylic acids is 1. The maximum absolute atomic E-state index is 12.5. The number of thiol groups is 1. The molecule has 6 heteroatoms. The van der Waals surface area contributed by atoms with Gasteiger partial charge in [0.1, 0.15) is 6.04 Å². The number of rotatable bonds is 6. The number of carbonyl (C=O) groups excluding carboxylic acids is 1. The van der Waals surface area contributed by atoms with Gasteiger partial charge in [-0.05, 0) is 37.5 Å². The molecule has 0 radical (unpaired) electrons. The van der Waals surface area contributed by atoms with E-state index in [9.17, 15) is 14.7 Å². The minimum atomic E-state index is -0.929. The lowest BCUT2D eigenvalue weighted by Gasteiger charge is -2.28. The van der Waals surface area contributed by atoms with Gasteiger partial charge in [-0.15, -0.1) is 11.8 Å². The van der Waals surface area contributed by atoms with Crippen molar-refractivity contribution >= 4 is 36.3 Å². The molecule has 0 saturated carbocycles. The summed E-state index contributed by atoms with van der Waals surface area (Å²) in [6.45, 7) is 3.76. The van der Waals surface area contributed by atoms with Gasteiger partial charge in [0.2, 0.25) is 5.91 Å². The molecule has 0 bridgehead atoms. The molecule has 1 N–H and O–H groups in total. The quantitative estimate of drug-likeness (QED) is 0.771. The van der Waals surface area contributed by atoms with Gasteiger partial charge in [0.15, 0.2) is 0 Å². The molecule has 1 fully saturated rings. The van der Waals surface area contributed by atoms with E-state index >= 15 is 0 Å². The fourth-order valence-corrected chi connectivity index (χ4v) is 4.49. The van der Waals surface area contributed by atoms with Crippen LogP contribution in [0.1, 0.15) is 38.2 Å². The minimum Gasteiger partial charge on any atom is -0.480 e. The average molecular weight is 354 g/mol. The van der Waals surface area contributed by atoms with Crippen LogP contribution < -0.4 is 0 Å². The molecule has 1 amide bonds. The smallest absolute Gasteiger partial charge is 0.327 e. The summed E-state index contributed by atoms with van der Waals surface area (Å²) in [7, 11) is 0. The molecule has 2 rings (SSSR count). The van der Waals surface area contributed by atoms with Crippen molar-refractivity contribution in [1.82, 2.24) is 4.90 Å². The fraction of sp³-hybridized carbons (Fsp3) is 0.529. The predicted octanol–water partition coefficient (Wildman–Crippen LogP) is 3.24. The predicted molar refractivity (Wildman–Crippen MR) is 97.1 cm³/mol. The standard InChI is InChI=1S/C17H23NO3S2/c1-17(2)15(16(20)21)18(11-23-17)14(19)9-8-13(10-22)12-6-4-3-5-7-12/h3-7,13,15,22H,8-11H2,1-2H3,(H,20,21)/t13-,15+/m1/s1. The number of amides is 1. The first-order valence-electron chi connectivity index (χ1n) is 7.69. The van der Waals surface area contributed by atoms with Crippen LogP contribution in [-0.4, -0.2) is 44.3 Å². The summed E-state index contributed by atoms with van der Waals surface area (Å²) in [6, 6.07) is 9.25. The molecule has 0 aliphatic carbocycles. The summed E-state index contributed by atoms with van der Waals surface area (Å²) in [4.78, 5) is 25.6. The Morgan fingerprint density at radius 3 is 2.61 bits per heavy atom. The first-order chi connectivity index (χ1) is 10.9. The Balaban J connectivity index is 2.00. The normalized spacial score (nSPS) is 21.2. The van der Waals surface area contributed by atoms with Crippen LogP contribution in [0.5, 0.6) is 0 Å². The molecule has 0 aromatic heterocycles. The maximum atomic E-state index is 12.5. The molecule has 1 aromatic carbocycles. The SMILES string of the molecule is CC1(C)SCN(C(=O)CC[C@H](CS)c2ccccc2)[C@H]1C(=O)O. The zero-order valence-corrected chi connectivity index (χ0v) is 15.1. The molecule has 0 spiro atoms. The fourth-order valence-electron chi connectivity index (χ4n) is 2.94. The zero-order chi connectivity index (χ0) is 17.0. The van der Waals surface area contributed by atoms with Crippen molar-refractivity contribution in [1.29, 1.82) is 0 Å². The number of thioether (sulfide) groups is 1. The van der Waals surface area contributed by atoms with Crippen LogP contribution in [0.25, 0.3) is 0 Å². The van der Waals surface area contributed by atoms with Crippen LogP contribution in [0.4, 0.5) is 0 Å². The Hall–Kier alpha value is -1.14. The molecule has 126 valence electrons. The van der Waals surface area contributed by atoms with Gasteiger partial charge in [-0.3, -0.25) is 4.79 Å². The molecule has 1 saturated heterocycles. The Kier molecular flexibility index (Phi) is 6.03. The molecular weight excluding hydrogens is 330 g/mol. The highest BCUT2D eigenvalue weighted by molar-refractivity contribution is 8.00. The van der Waals surface area contributed by atoms with Crippen molar-refractivity contribution in [2.24, 2.45) is 0 Å². The van der Waals surface area contributed by atoms with Crippen molar-refractivity contribution in [3.05, 3.63) is 35.9 Å². The van der Waals surface area contributed by atoms with Crippen molar-refractivity contribution < 1.29 is 14.7 Å². The van der Waals surface area contributed by atoms with E-state index in [1.165, 1.54) is 22.2 Å². The third-order valence-corrected chi connectivity index (χ3v) is 6.11. The van der Waals surface area contributed by atoms with Gasteiger partial charge in [-0.25, -0.2) is 4.79 Å². The summed E-state index contributed by atoms with van der Waals surface area (Å²) in [5, 5.41) is 9.45. The average Bonchev–Trinajstić information content (AvgIpc) is 2.84. The molecule has 1 aromatic rings. The van der Waals surface area contributed by atoms with Crippen LogP contribution in [0.2, 0.25) is 0 Å². The highest BCUT2D eigenvalue weighted by Crippen LogP contribution is 2.40. The third kappa shape index (κ3) is 4.23. The van der Waals surface area contributed by atoms with Gasteiger partial charge in [0, 0.05) is 11.2 Å². The number of hydrogen-bond donors (Lipinski definition) is 2. The van der Waals surface area contributed by atoms with E-state index in [2.05, 4.69) is 12.6 Å². The lowest BCUT2D eigenvalue weighted by atomic mass is 9.95. The number of carboxylic acid groups (broad SMARTS) is 1. The molecule has 4 nitrogen and oxygen atoms in total. The lowest BCUT2D eigenvalue weighted by Crippen LogP contribution is -2.48. The summed E-state index contributed by atoms with van der Waals surface area (Å²) >= 11 is 5.91. The minimum absolute atomic E-state index is 0.0850. The van der Waals surface area contributed by atoms with E-state index < -0.39 is 16.8 Å². The van der Waals surface area contributed by atoms with Crippen LogP contribution >= 0.6 is 24.4 Å². The van der Waals surface area contributed by atoms with Gasteiger partial charge >= 0.3 is 5.97 Å². The second-order valence-corrected chi connectivity index (χ2v) is 8.27. The summed E-state index contributed by atoms with van der Waals surface area (Å²) < 4.78 is -0.454. The highest BCUT2D eigenvalue weighted by Gasteiger charge is 2.47. The van der Waals surface area contributed by atoms with Crippen molar-refractivity contribution in [3.63, 3.8) is 0 Å². The van der Waals surface area contributed by atoms with Gasteiger partial charge in [0.05, 0.1) is 5.88 Å². The molecule has 1 heterocycles. The van der Waals surface area contributed by atoms with E-state index in [1.54, 1.807) is 0 Å². The molecule has 23 heavy (non-hydrogen) atoms. The third-order valence-electron chi connectivity index (χ3n) is 4.30. The molecule has 1 aliphatic heterocycles. The number of benzene rings is 1. The number of carbonyl (C=O) groups is 2. The molecule has 1 aliphatic rings. The lowest BCUT2D eigenvalue weighted by molar-refractivity contribution is -0.149. The van der Waals surface area contributed by atoms with Gasteiger partial charge in [-0.1, -0.05) is 30.3 Å². The molecule has 0 unspecified atom stereocenters. The first-order valence-corrected chi connectivity index (χ1v) is 9.30. The maximum Gasteiger partial charge on any atom is 0.327 e. The number of nitrogens with zero attached hydrogens (tertiary/aromatic N) is 1. The van der Waals surface area contributed by atoms with Crippen LogP contribution in [0.3, 0.4) is 0 Å². The van der Waals surface area contributed by atoms with Gasteiger partial charge < -0.3 is 10.0 Å². The van der Waals surface area contributed by atoms with E-state index in [0.29, 0.717) is 24.5 Å². The Morgan fingerprint density at radius 2 is 2.04 bits per heavy atom. The highest BCUT2D eigenvalue weighted by atomic mass is 32.2. The Bertz CT molecular complexity index is 562. The summed E-state index contributed by atoms with van der Waals surface area (Å²) in [5.41, 5.74) is 1.17. The first kappa shape index (κ1) is 18.2.